The van der Waals surface area contributed by atoms with Crippen LogP contribution in [0.4, 0.5) is 0 Å². The normalized spacial score (nSPS) is 11.5. The third kappa shape index (κ3) is 3.35. The average molecular weight is 232 g/mol. The number of carbonyl (C=O) groups is 1. The van der Waals surface area contributed by atoms with Gasteiger partial charge in [0.05, 0.1) is 24.1 Å². The Morgan fingerprint density at radius 3 is 2.73 bits per heavy atom. The second kappa shape index (κ2) is 4.43. The first-order valence-corrected chi connectivity index (χ1v) is 6.23. The second-order valence-electron chi connectivity index (χ2n) is 3.03. The molecule has 0 aliphatic carbocycles. The van der Waals surface area contributed by atoms with E-state index in [4.69, 9.17) is 5.11 Å². The molecule has 0 radical (unpaired) electrons. The van der Waals surface area contributed by atoms with E-state index in [1.165, 1.54) is 17.1 Å². The molecule has 0 bridgehead atoms. The van der Waals surface area contributed by atoms with E-state index in [9.17, 15) is 13.2 Å². The Hall–Kier alpha value is -1.37. The van der Waals surface area contributed by atoms with Crippen molar-refractivity contribution in [1.82, 2.24) is 9.78 Å². The van der Waals surface area contributed by atoms with Gasteiger partial charge < -0.3 is 5.11 Å². The molecule has 0 unspecified atom stereocenters. The van der Waals surface area contributed by atoms with E-state index in [0.29, 0.717) is 0 Å². The zero-order chi connectivity index (χ0) is 11.5. The van der Waals surface area contributed by atoms with Crippen LogP contribution in [0.25, 0.3) is 0 Å². The van der Waals surface area contributed by atoms with Crippen molar-refractivity contribution in [2.75, 3.05) is 11.5 Å². The largest absolute Gasteiger partial charge is 0.478 e. The van der Waals surface area contributed by atoms with Gasteiger partial charge in [-0.15, -0.1) is 0 Å². The summed E-state index contributed by atoms with van der Waals surface area (Å²) < 4.78 is 23.6. The van der Waals surface area contributed by atoms with Crippen LogP contribution in [0.5, 0.6) is 0 Å². The van der Waals surface area contributed by atoms with Gasteiger partial charge in [-0.2, -0.15) is 5.10 Å². The zero-order valence-electron chi connectivity index (χ0n) is 8.25. The summed E-state index contributed by atoms with van der Waals surface area (Å²) in [4.78, 5) is 10.5. The summed E-state index contributed by atoms with van der Waals surface area (Å²) in [5.41, 5.74) is 0.0592. The summed E-state index contributed by atoms with van der Waals surface area (Å²) in [6.45, 7) is 1.75. The quantitative estimate of drug-likeness (QED) is 0.772. The standard InChI is InChI=1S/C8H12N2O4S/c1-2-15(13,14)4-3-10-6-7(5-9-10)8(11)12/h5-6H,2-4H2,1H3,(H,11,12). The van der Waals surface area contributed by atoms with E-state index >= 15 is 0 Å². The number of aromatic nitrogens is 2. The Morgan fingerprint density at radius 2 is 2.27 bits per heavy atom. The van der Waals surface area contributed by atoms with Gasteiger partial charge in [0.2, 0.25) is 0 Å². The summed E-state index contributed by atoms with van der Waals surface area (Å²) in [6, 6.07) is 0. The van der Waals surface area contributed by atoms with Crippen LogP contribution in [-0.2, 0) is 16.4 Å². The molecule has 15 heavy (non-hydrogen) atoms. The average Bonchev–Trinajstić information content (AvgIpc) is 2.63. The molecule has 0 spiro atoms. The molecule has 0 aliphatic heterocycles. The molecule has 0 atom stereocenters. The number of hydrogen-bond donors (Lipinski definition) is 1. The predicted octanol–water partition coefficient (Wildman–Crippen LogP) is 0.0160. The Kier molecular flexibility index (Phi) is 3.46. The third-order valence-electron chi connectivity index (χ3n) is 1.95. The molecule has 1 heterocycles. The van der Waals surface area contributed by atoms with Crippen molar-refractivity contribution in [1.29, 1.82) is 0 Å². The van der Waals surface area contributed by atoms with Crippen molar-refractivity contribution < 1.29 is 18.3 Å². The maximum absolute atomic E-state index is 11.2. The van der Waals surface area contributed by atoms with E-state index in [2.05, 4.69) is 5.10 Å². The van der Waals surface area contributed by atoms with Crippen LogP contribution < -0.4 is 0 Å². The highest BCUT2D eigenvalue weighted by molar-refractivity contribution is 7.91. The fraction of sp³-hybridized carbons (Fsp3) is 0.500. The van der Waals surface area contributed by atoms with Crippen molar-refractivity contribution in [2.45, 2.75) is 13.5 Å². The summed E-state index contributed by atoms with van der Waals surface area (Å²) in [7, 11) is -3.04. The van der Waals surface area contributed by atoms with Crippen molar-refractivity contribution in [3.05, 3.63) is 18.0 Å². The van der Waals surface area contributed by atoms with E-state index < -0.39 is 15.8 Å². The van der Waals surface area contributed by atoms with E-state index in [1.807, 2.05) is 0 Å². The van der Waals surface area contributed by atoms with Crippen LogP contribution in [0.1, 0.15) is 17.3 Å². The fourth-order valence-electron chi connectivity index (χ4n) is 0.973. The SMILES string of the molecule is CCS(=O)(=O)CCn1cc(C(=O)O)cn1. The third-order valence-corrected chi connectivity index (χ3v) is 3.64. The molecule has 1 aromatic heterocycles. The first-order valence-electron chi connectivity index (χ1n) is 4.41. The van der Waals surface area contributed by atoms with Crippen LogP contribution in [0, 0.1) is 0 Å². The van der Waals surface area contributed by atoms with E-state index in [0.717, 1.165) is 0 Å². The van der Waals surface area contributed by atoms with Crippen LogP contribution >= 0.6 is 0 Å². The van der Waals surface area contributed by atoms with Crippen molar-refractivity contribution >= 4 is 15.8 Å². The van der Waals surface area contributed by atoms with Gasteiger partial charge in [0.15, 0.2) is 9.84 Å². The lowest BCUT2D eigenvalue weighted by Gasteiger charge is -2.00. The van der Waals surface area contributed by atoms with Gasteiger partial charge in [-0.25, -0.2) is 13.2 Å². The zero-order valence-corrected chi connectivity index (χ0v) is 9.07. The van der Waals surface area contributed by atoms with Crippen LogP contribution in [-0.4, -0.2) is 40.8 Å². The first kappa shape index (κ1) is 11.7. The molecule has 0 amide bonds. The summed E-state index contributed by atoms with van der Waals surface area (Å²) in [6.07, 6.45) is 2.51. The number of sulfone groups is 1. The minimum atomic E-state index is -3.04. The highest BCUT2D eigenvalue weighted by atomic mass is 32.2. The van der Waals surface area contributed by atoms with Crippen molar-refractivity contribution in [3.8, 4) is 0 Å². The molecule has 1 aromatic rings. The number of aryl methyl sites for hydroxylation is 1. The molecule has 84 valence electrons. The Balaban J connectivity index is 2.63. The lowest BCUT2D eigenvalue weighted by atomic mass is 10.4. The van der Waals surface area contributed by atoms with Gasteiger partial charge in [0.1, 0.15) is 0 Å². The molecule has 0 saturated carbocycles. The monoisotopic (exact) mass is 232 g/mol. The molecule has 1 rings (SSSR count). The number of hydrogen-bond acceptors (Lipinski definition) is 4. The maximum atomic E-state index is 11.2. The van der Waals surface area contributed by atoms with Gasteiger partial charge >= 0.3 is 5.97 Å². The van der Waals surface area contributed by atoms with Crippen LogP contribution in [0.2, 0.25) is 0 Å². The van der Waals surface area contributed by atoms with E-state index in [1.54, 1.807) is 6.92 Å². The van der Waals surface area contributed by atoms with Gasteiger partial charge in [0, 0.05) is 11.9 Å². The predicted molar refractivity (Wildman–Crippen MR) is 53.5 cm³/mol. The fourth-order valence-corrected chi connectivity index (χ4v) is 1.73. The lowest BCUT2D eigenvalue weighted by Crippen LogP contribution is -2.14. The minimum absolute atomic E-state index is 0.0236. The highest BCUT2D eigenvalue weighted by Gasteiger charge is 2.10. The first-order chi connectivity index (χ1) is 6.94. The lowest BCUT2D eigenvalue weighted by molar-refractivity contribution is 0.0697. The molecular formula is C8H12N2O4S. The van der Waals surface area contributed by atoms with Gasteiger partial charge in [-0.05, 0) is 0 Å². The van der Waals surface area contributed by atoms with Crippen molar-refractivity contribution in [2.24, 2.45) is 0 Å². The summed E-state index contributed by atoms with van der Waals surface area (Å²) in [5, 5.41) is 12.3. The smallest absolute Gasteiger partial charge is 0.338 e. The maximum Gasteiger partial charge on any atom is 0.338 e. The molecule has 0 aromatic carbocycles. The number of aromatic carboxylic acids is 1. The van der Waals surface area contributed by atoms with Crippen molar-refractivity contribution in [3.63, 3.8) is 0 Å². The number of carboxylic acid groups (broad SMARTS) is 1. The topological polar surface area (TPSA) is 89.3 Å². The van der Waals surface area contributed by atoms with Gasteiger partial charge in [0.25, 0.3) is 0 Å². The number of rotatable bonds is 5. The Morgan fingerprint density at radius 1 is 1.60 bits per heavy atom. The molecule has 7 heteroatoms. The second-order valence-corrected chi connectivity index (χ2v) is 5.51. The highest BCUT2D eigenvalue weighted by Crippen LogP contribution is 1.98. The number of carboxylic acids is 1. The summed E-state index contributed by atoms with van der Waals surface area (Å²) >= 11 is 0. The molecule has 0 fully saturated rings. The Labute approximate surface area is 87.4 Å². The van der Waals surface area contributed by atoms with Crippen LogP contribution in [0.15, 0.2) is 12.4 Å². The van der Waals surface area contributed by atoms with Gasteiger partial charge in [-0.3, -0.25) is 4.68 Å². The van der Waals surface area contributed by atoms with E-state index in [-0.39, 0.29) is 23.6 Å². The minimum Gasteiger partial charge on any atom is -0.478 e. The summed E-state index contributed by atoms with van der Waals surface area (Å²) in [5.74, 6) is -1.01. The molecule has 0 aliphatic rings. The van der Waals surface area contributed by atoms with Crippen LogP contribution in [0.3, 0.4) is 0 Å². The number of nitrogens with zero attached hydrogens (tertiary/aromatic N) is 2. The Bertz CT molecular complexity index is 449. The van der Waals surface area contributed by atoms with Gasteiger partial charge in [-0.1, -0.05) is 6.92 Å². The molecule has 0 saturated heterocycles. The molecule has 6 nitrogen and oxygen atoms in total. The molecule has 1 N–H and O–H groups in total. The molecular weight excluding hydrogens is 220 g/mol.